The second-order valence-electron chi connectivity index (χ2n) is 1.23. The maximum Gasteiger partial charge on any atom is 0.159 e. The molecular formula is C4H3BrClNS. The van der Waals surface area contributed by atoms with E-state index in [0.717, 1.165) is 9.61 Å². The first-order valence-corrected chi connectivity index (χ1v) is 4.19. The van der Waals surface area contributed by atoms with Crippen LogP contribution in [0.25, 0.3) is 0 Å². The van der Waals surface area contributed by atoms with Gasteiger partial charge in [-0.1, -0.05) is 0 Å². The Labute approximate surface area is 64.8 Å². The van der Waals surface area contributed by atoms with Crippen molar-refractivity contribution in [2.75, 3.05) is 0 Å². The van der Waals surface area contributed by atoms with E-state index in [1.54, 1.807) is 11.3 Å². The Morgan fingerprint density at radius 2 is 2.62 bits per heavy atom. The molecule has 1 nitrogen and oxygen atoms in total. The van der Waals surface area contributed by atoms with Crippen molar-refractivity contribution in [1.82, 2.24) is 4.98 Å². The number of hydrogen-bond acceptors (Lipinski definition) is 2. The summed E-state index contributed by atoms with van der Waals surface area (Å²) in [5, 5.41) is 1.93. The third kappa shape index (κ3) is 1.44. The SMILES string of the molecule is ClCc1csc(Br)n1. The molecule has 0 radical (unpaired) electrons. The molecule has 0 bridgehead atoms. The van der Waals surface area contributed by atoms with E-state index >= 15 is 0 Å². The maximum atomic E-state index is 5.46. The molecule has 4 heteroatoms. The summed E-state index contributed by atoms with van der Waals surface area (Å²) in [7, 11) is 0. The van der Waals surface area contributed by atoms with Crippen LogP contribution in [0.1, 0.15) is 5.69 Å². The van der Waals surface area contributed by atoms with E-state index in [2.05, 4.69) is 20.9 Å². The highest BCUT2D eigenvalue weighted by molar-refractivity contribution is 9.11. The van der Waals surface area contributed by atoms with E-state index in [-0.39, 0.29) is 0 Å². The fourth-order valence-corrected chi connectivity index (χ4v) is 1.62. The summed E-state index contributed by atoms with van der Waals surface area (Å²) in [5.74, 6) is 0.502. The first-order valence-electron chi connectivity index (χ1n) is 1.99. The molecule has 1 aromatic heterocycles. The zero-order valence-electron chi connectivity index (χ0n) is 3.90. The second-order valence-corrected chi connectivity index (χ2v) is 3.63. The van der Waals surface area contributed by atoms with Crippen LogP contribution < -0.4 is 0 Å². The lowest BCUT2D eigenvalue weighted by Gasteiger charge is -1.76. The normalized spacial score (nSPS) is 9.75. The van der Waals surface area contributed by atoms with Gasteiger partial charge in [0, 0.05) is 5.38 Å². The van der Waals surface area contributed by atoms with Crippen molar-refractivity contribution in [3.8, 4) is 0 Å². The lowest BCUT2D eigenvalue weighted by molar-refractivity contribution is 1.21. The Balaban J connectivity index is 2.84. The zero-order valence-corrected chi connectivity index (χ0v) is 7.05. The largest absolute Gasteiger partial charge is 0.233 e. The van der Waals surface area contributed by atoms with Crippen molar-refractivity contribution in [2.24, 2.45) is 0 Å². The molecule has 0 N–H and O–H groups in total. The van der Waals surface area contributed by atoms with Gasteiger partial charge < -0.3 is 0 Å². The quantitative estimate of drug-likeness (QED) is 0.652. The van der Waals surface area contributed by atoms with E-state index < -0.39 is 0 Å². The smallest absolute Gasteiger partial charge is 0.159 e. The number of rotatable bonds is 1. The predicted molar refractivity (Wildman–Crippen MR) is 39.4 cm³/mol. The van der Waals surface area contributed by atoms with Crippen LogP contribution in [0.15, 0.2) is 9.30 Å². The first-order chi connectivity index (χ1) is 3.83. The molecule has 0 unspecified atom stereocenters. The molecule has 0 fully saturated rings. The van der Waals surface area contributed by atoms with E-state index in [4.69, 9.17) is 11.6 Å². The topological polar surface area (TPSA) is 12.9 Å². The highest BCUT2D eigenvalue weighted by atomic mass is 79.9. The number of thiazole rings is 1. The highest BCUT2D eigenvalue weighted by Gasteiger charge is 1.93. The summed E-state index contributed by atoms with van der Waals surface area (Å²) in [6, 6.07) is 0. The van der Waals surface area contributed by atoms with Crippen LogP contribution in [0.2, 0.25) is 0 Å². The second kappa shape index (κ2) is 2.80. The molecule has 0 amide bonds. The van der Waals surface area contributed by atoms with Crippen LogP contribution in [0.5, 0.6) is 0 Å². The molecule has 1 aromatic rings. The van der Waals surface area contributed by atoms with Gasteiger partial charge in [0.25, 0.3) is 0 Å². The Hall–Kier alpha value is 0.400. The summed E-state index contributed by atoms with van der Waals surface area (Å²) < 4.78 is 0.896. The van der Waals surface area contributed by atoms with Gasteiger partial charge >= 0.3 is 0 Å². The monoisotopic (exact) mass is 211 g/mol. The minimum Gasteiger partial charge on any atom is -0.233 e. The van der Waals surface area contributed by atoms with Crippen LogP contribution in [-0.2, 0) is 5.88 Å². The zero-order chi connectivity index (χ0) is 5.98. The molecule has 8 heavy (non-hydrogen) atoms. The lowest BCUT2D eigenvalue weighted by atomic mass is 10.6. The summed E-state index contributed by atoms with van der Waals surface area (Å²) in [4.78, 5) is 4.03. The molecule has 44 valence electrons. The molecule has 1 rings (SSSR count). The number of nitrogens with zero attached hydrogens (tertiary/aromatic N) is 1. The molecule has 0 aliphatic rings. The van der Waals surface area contributed by atoms with Crippen LogP contribution in [0, 0.1) is 0 Å². The van der Waals surface area contributed by atoms with E-state index in [0.29, 0.717) is 5.88 Å². The Kier molecular flexibility index (Phi) is 2.28. The molecule has 0 spiro atoms. The third-order valence-corrected chi connectivity index (χ3v) is 2.35. The number of halogens is 2. The van der Waals surface area contributed by atoms with Crippen LogP contribution in [0.4, 0.5) is 0 Å². The fraction of sp³-hybridized carbons (Fsp3) is 0.250. The molecule has 1 heterocycles. The molecule has 0 aliphatic carbocycles. The van der Waals surface area contributed by atoms with E-state index in [1.165, 1.54) is 0 Å². The van der Waals surface area contributed by atoms with E-state index in [1.807, 2.05) is 5.38 Å². The first kappa shape index (κ1) is 6.52. The molecule has 0 aromatic carbocycles. The minimum atomic E-state index is 0.502. The van der Waals surface area contributed by atoms with Crippen LogP contribution in [-0.4, -0.2) is 4.98 Å². The van der Waals surface area contributed by atoms with Crippen molar-refractivity contribution in [3.05, 3.63) is 15.0 Å². The van der Waals surface area contributed by atoms with Crippen molar-refractivity contribution in [3.63, 3.8) is 0 Å². The lowest BCUT2D eigenvalue weighted by Crippen LogP contribution is -1.72. The van der Waals surface area contributed by atoms with Crippen molar-refractivity contribution in [2.45, 2.75) is 5.88 Å². The number of hydrogen-bond donors (Lipinski definition) is 0. The van der Waals surface area contributed by atoms with Gasteiger partial charge in [0.1, 0.15) is 0 Å². The molecular weight excluding hydrogens is 209 g/mol. The summed E-state index contributed by atoms with van der Waals surface area (Å²) in [6.45, 7) is 0. The van der Waals surface area contributed by atoms with E-state index in [9.17, 15) is 0 Å². The van der Waals surface area contributed by atoms with Crippen LogP contribution in [0.3, 0.4) is 0 Å². The third-order valence-electron chi connectivity index (χ3n) is 0.661. The number of alkyl halides is 1. The van der Waals surface area contributed by atoms with Crippen molar-refractivity contribution < 1.29 is 0 Å². The Morgan fingerprint density at radius 1 is 1.88 bits per heavy atom. The fourth-order valence-electron chi connectivity index (χ4n) is 0.344. The predicted octanol–water partition coefficient (Wildman–Crippen LogP) is 2.64. The van der Waals surface area contributed by atoms with Gasteiger partial charge in [0.15, 0.2) is 3.92 Å². The van der Waals surface area contributed by atoms with Crippen molar-refractivity contribution in [1.29, 1.82) is 0 Å². The average molecular weight is 212 g/mol. The highest BCUT2D eigenvalue weighted by Crippen LogP contribution is 2.16. The summed E-state index contributed by atoms with van der Waals surface area (Å²) >= 11 is 10.2. The Bertz CT molecular complexity index is 176. The van der Waals surface area contributed by atoms with Gasteiger partial charge in [-0.25, -0.2) is 4.98 Å². The number of aromatic nitrogens is 1. The summed E-state index contributed by atoms with van der Waals surface area (Å²) in [5.41, 5.74) is 0.934. The summed E-state index contributed by atoms with van der Waals surface area (Å²) in [6.07, 6.45) is 0. The molecule has 0 saturated heterocycles. The average Bonchev–Trinajstić information content (AvgIpc) is 2.14. The van der Waals surface area contributed by atoms with Gasteiger partial charge in [0.2, 0.25) is 0 Å². The van der Waals surface area contributed by atoms with Crippen molar-refractivity contribution >= 4 is 38.9 Å². The van der Waals surface area contributed by atoms with Gasteiger partial charge in [-0.05, 0) is 15.9 Å². The maximum absolute atomic E-state index is 5.46. The van der Waals surface area contributed by atoms with Crippen LogP contribution >= 0.6 is 38.9 Å². The molecule has 0 saturated carbocycles. The van der Waals surface area contributed by atoms with Gasteiger partial charge in [-0.15, -0.1) is 22.9 Å². The van der Waals surface area contributed by atoms with Gasteiger partial charge in [0.05, 0.1) is 11.6 Å². The minimum absolute atomic E-state index is 0.502. The van der Waals surface area contributed by atoms with Gasteiger partial charge in [-0.3, -0.25) is 0 Å². The molecule has 0 aliphatic heterocycles. The molecule has 0 atom stereocenters. The Morgan fingerprint density at radius 3 is 2.88 bits per heavy atom. The standard InChI is InChI=1S/C4H3BrClNS/c5-4-7-3(1-6)2-8-4/h2H,1H2. The van der Waals surface area contributed by atoms with Gasteiger partial charge in [-0.2, -0.15) is 0 Å².